The first-order valence-corrected chi connectivity index (χ1v) is 8.46. The molecule has 5 nitrogen and oxygen atoms in total. The van der Waals surface area contributed by atoms with Crippen molar-refractivity contribution in [1.29, 1.82) is 0 Å². The molecular formula is C13H13Cl2N2O3P. The predicted octanol–water partition coefficient (Wildman–Crippen LogP) is 4.09. The lowest BCUT2D eigenvalue weighted by Gasteiger charge is -2.10. The van der Waals surface area contributed by atoms with E-state index in [4.69, 9.17) is 32.6 Å². The lowest BCUT2D eigenvalue weighted by Crippen LogP contribution is -2.04. The van der Waals surface area contributed by atoms with E-state index in [0.29, 0.717) is 21.7 Å². The molecule has 1 aromatic heterocycles. The van der Waals surface area contributed by atoms with Crippen LogP contribution >= 0.6 is 31.5 Å². The SMILES string of the molecule is O=[PH](O)OCc1c(-c2c(Cl)cccc2Cl)cnn1C1CC1. The summed E-state index contributed by atoms with van der Waals surface area (Å²) < 4.78 is 17.6. The van der Waals surface area contributed by atoms with Crippen LogP contribution in [0.2, 0.25) is 10.0 Å². The molecule has 21 heavy (non-hydrogen) atoms. The first-order valence-electron chi connectivity index (χ1n) is 6.44. The van der Waals surface area contributed by atoms with E-state index in [1.807, 2.05) is 4.68 Å². The monoisotopic (exact) mass is 346 g/mol. The maximum atomic E-state index is 10.9. The zero-order valence-corrected chi connectivity index (χ0v) is 13.4. The number of hydrogen-bond donors (Lipinski definition) is 1. The standard InChI is InChI=1S/C13H13Cl2N2O3P/c14-10-2-1-3-11(15)13(10)9-6-16-17(8-4-5-8)12(9)7-20-21(18)19/h1-3,6,8,21H,4-5,7H2,(H,18,19). The van der Waals surface area contributed by atoms with E-state index >= 15 is 0 Å². The highest BCUT2D eigenvalue weighted by Gasteiger charge is 2.29. The Bertz CT molecular complexity index is 680. The Kier molecular flexibility index (Phi) is 4.38. The van der Waals surface area contributed by atoms with Crippen LogP contribution in [0.3, 0.4) is 0 Å². The number of aromatic nitrogens is 2. The molecule has 3 rings (SSSR count). The number of halogens is 2. The van der Waals surface area contributed by atoms with Gasteiger partial charge in [-0.2, -0.15) is 5.10 Å². The fraction of sp³-hybridized carbons (Fsp3) is 0.308. The summed E-state index contributed by atoms with van der Waals surface area (Å²) in [5.41, 5.74) is 2.13. The zero-order chi connectivity index (χ0) is 15.0. The summed E-state index contributed by atoms with van der Waals surface area (Å²) in [6.45, 7) is 0.00167. The van der Waals surface area contributed by atoms with Crippen molar-refractivity contribution in [1.82, 2.24) is 9.78 Å². The van der Waals surface area contributed by atoms with Crippen molar-refractivity contribution in [2.24, 2.45) is 0 Å². The Hall–Kier alpha value is -0.840. The van der Waals surface area contributed by atoms with Crippen LogP contribution in [0.15, 0.2) is 24.4 Å². The van der Waals surface area contributed by atoms with E-state index in [2.05, 4.69) is 5.10 Å². The van der Waals surface area contributed by atoms with Crippen molar-refractivity contribution in [2.75, 3.05) is 0 Å². The number of benzene rings is 1. The van der Waals surface area contributed by atoms with Gasteiger partial charge in [0.1, 0.15) is 0 Å². The van der Waals surface area contributed by atoms with Gasteiger partial charge in [-0.05, 0) is 25.0 Å². The van der Waals surface area contributed by atoms with Crippen molar-refractivity contribution in [3.05, 3.63) is 40.1 Å². The second-order valence-corrected chi connectivity index (χ2v) is 6.47. The van der Waals surface area contributed by atoms with Gasteiger partial charge in [0.25, 0.3) is 0 Å². The van der Waals surface area contributed by atoms with Gasteiger partial charge in [0.15, 0.2) is 0 Å². The molecule has 1 saturated carbocycles. The molecule has 0 aliphatic heterocycles. The van der Waals surface area contributed by atoms with Crippen LogP contribution in [-0.2, 0) is 15.7 Å². The Labute approximate surface area is 132 Å². The highest BCUT2D eigenvalue weighted by Crippen LogP contribution is 2.42. The predicted molar refractivity (Wildman–Crippen MR) is 82.0 cm³/mol. The molecule has 1 fully saturated rings. The van der Waals surface area contributed by atoms with E-state index in [0.717, 1.165) is 24.1 Å². The molecular weight excluding hydrogens is 334 g/mol. The first kappa shape index (κ1) is 15.1. The fourth-order valence-corrected chi connectivity index (χ4v) is 3.12. The molecule has 0 saturated heterocycles. The zero-order valence-electron chi connectivity index (χ0n) is 10.9. The third-order valence-electron chi connectivity index (χ3n) is 3.36. The Morgan fingerprint density at radius 3 is 2.62 bits per heavy atom. The number of nitrogens with zero attached hydrogens (tertiary/aromatic N) is 2. The van der Waals surface area contributed by atoms with Crippen molar-refractivity contribution in [3.8, 4) is 11.1 Å². The number of hydrogen-bond acceptors (Lipinski definition) is 3. The minimum absolute atomic E-state index is 0.00167. The molecule has 112 valence electrons. The largest absolute Gasteiger partial charge is 0.326 e. The molecule has 8 heteroatoms. The van der Waals surface area contributed by atoms with Gasteiger partial charge < -0.3 is 9.42 Å². The fourth-order valence-electron chi connectivity index (χ4n) is 2.26. The summed E-state index contributed by atoms with van der Waals surface area (Å²) in [4.78, 5) is 8.91. The van der Waals surface area contributed by atoms with E-state index < -0.39 is 8.25 Å². The maximum absolute atomic E-state index is 10.9. The van der Waals surface area contributed by atoms with Crippen LogP contribution in [0.4, 0.5) is 0 Å². The average Bonchev–Trinajstić information content (AvgIpc) is 3.18. The minimum Gasteiger partial charge on any atom is -0.326 e. The summed E-state index contributed by atoms with van der Waals surface area (Å²) in [7, 11) is -3.01. The summed E-state index contributed by atoms with van der Waals surface area (Å²) >= 11 is 12.5. The molecule has 1 aromatic carbocycles. The van der Waals surface area contributed by atoms with Crippen LogP contribution in [0, 0.1) is 0 Å². The third-order valence-corrected chi connectivity index (χ3v) is 4.38. The molecule has 1 aliphatic carbocycles. The van der Waals surface area contributed by atoms with Gasteiger partial charge in [-0.25, -0.2) is 0 Å². The Morgan fingerprint density at radius 1 is 1.38 bits per heavy atom. The minimum atomic E-state index is -3.01. The smallest absolute Gasteiger partial charge is 0.316 e. The van der Waals surface area contributed by atoms with Gasteiger partial charge in [-0.3, -0.25) is 9.25 Å². The maximum Gasteiger partial charge on any atom is 0.316 e. The quantitative estimate of drug-likeness (QED) is 0.828. The molecule has 1 N–H and O–H groups in total. The van der Waals surface area contributed by atoms with Gasteiger partial charge in [-0.1, -0.05) is 29.3 Å². The van der Waals surface area contributed by atoms with Crippen molar-refractivity contribution in [2.45, 2.75) is 25.5 Å². The molecule has 1 heterocycles. The Balaban J connectivity index is 2.07. The molecule has 2 aromatic rings. The number of rotatable bonds is 5. The van der Waals surface area contributed by atoms with Crippen LogP contribution in [0.25, 0.3) is 11.1 Å². The van der Waals surface area contributed by atoms with Crippen LogP contribution in [0.1, 0.15) is 24.6 Å². The topological polar surface area (TPSA) is 64.3 Å². The Morgan fingerprint density at radius 2 is 2.05 bits per heavy atom. The van der Waals surface area contributed by atoms with E-state index in [1.165, 1.54) is 0 Å². The second-order valence-electron chi connectivity index (χ2n) is 4.83. The van der Waals surface area contributed by atoms with Crippen LogP contribution in [0.5, 0.6) is 0 Å². The summed E-state index contributed by atoms with van der Waals surface area (Å²) in [5, 5.41) is 5.38. The molecule has 0 bridgehead atoms. The van der Waals surface area contributed by atoms with Gasteiger partial charge in [-0.15, -0.1) is 0 Å². The molecule has 1 atom stereocenters. The highest BCUT2D eigenvalue weighted by atomic mass is 35.5. The normalized spacial score (nSPS) is 16.1. The summed E-state index contributed by atoms with van der Waals surface area (Å²) in [6.07, 6.45) is 3.76. The van der Waals surface area contributed by atoms with E-state index in [9.17, 15) is 4.57 Å². The summed E-state index contributed by atoms with van der Waals surface area (Å²) in [6, 6.07) is 5.58. The second kappa shape index (κ2) is 6.11. The van der Waals surface area contributed by atoms with Crippen LogP contribution < -0.4 is 0 Å². The molecule has 1 unspecified atom stereocenters. The van der Waals surface area contributed by atoms with Gasteiger partial charge >= 0.3 is 8.25 Å². The van der Waals surface area contributed by atoms with Crippen molar-refractivity contribution in [3.63, 3.8) is 0 Å². The third kappa shape index (κ3) is 3.17. The lowest BCUT2D eigenvalue weighted by molar-refractivity contribution is 0.263. The van der Waals surface area contributed by atoms with E-state index in [1.54, 1.807) is 24.4 Å². The summed E-state index contributed by atoms with van der Waals surface area (Å²) in [5.74, 6) is 0. The van der Waals surface area contributed by atoms with Gasteiger partial charge in [0.2, 0.25) is 0 Å². The van der Waals surface area contributed by atoms with Crippen LogP contribution in [-0.4, -0.2) is 14.7 Å². The van der Waals surface area contributed by atoms with E-state index in [-0.39, 0.29) is 6.61 Å². The average molecular weight is 347 g/mol. The highest BCUT2D eigenvalue weighted by molar-refractivity contribution is 7.32. The van der Waals surface area contributed by atoms with Gasteiger partial charge in [0.05, 0.1) is 34.6 Å². The molecule has 0 radical (unpaired) electrons. The molecule has 1 aliphatic rings. The lowest BCUT2D eigenvalue weighted by atomic mass is 10.1. The van der Waals surface area contributed by atoms with Crippen molar-refractivity contribution < 1.29 is 14.0 Å². The molecule has 0 amide bonds. The first-order chi connectivity index (χ1) is 10.1. The van der Waals surface area contributed by atoms with Gasteiger partial charge in [0, 0.05) is 11.1 Å². The molecule has 0 spiro atoms. The van der Waals surface area contributed by atoms with Crippen molar-refractivity contribution >= 4 is 31.5 Å².